The molecule has 3 heterocycles. The van der Waals surface area contributed by atoms with Crippen LogP contribution in [0.15, 0.2) is 30.5 Å². The molecule has 1 fully saturated rings. The van der Waals surface area contributed by atoms with Crippen LogP contribution in [0.5, 0.6) is 0 Å². The summed E-state index contributed by atoms with van der Waals surface area (Å²) in [6.45, 7) is 2.21. The van der Waals surface area contributed by atoms with Crippen LogP contribution in [-0.2, 0) is 4.79 Å². The van der Waals surface area contributed by atoms with Gasteiger partial charge in [-0.1, -0.05) is 6.07 Å². The van der Waals surface area contributed by atoms with E-state index < -0.39 is 12.1 Å². The third kappa shape index (κ3) is 3.43. The van der Waals surface area contributed by atoms with Gasteiger partial charge in [-0.2, -0.15) is 5.10 Å². The largest absolute Gasteiger partial charge is 0.389 e. The van der Waals surface area contributed by atoms with E-state index in [4.69, 9.17) is 0 Å². The van der Waals surface area contributed by atoms with Gasteiger partial charge in [0.15, 0.2) is 0 Å². The molecule has 2 atom stereocenters. The molecule has 0 aliphatic carbocycles. The number of nitrogens with zero attached hydrogens (tertiary/aromatic N) is 3. The maximum Gasteiger partial charge on any atom is 0.269 e. The monoisotopic (exact) mass is 329 g/mol. The van der Waals surface area contributed by atoms with E-state index >= 15 is 0 Å². The van der Waals surface area contributed by atoms with E-state index in [9.17, 15) is 14.7 Å². The zero-order chi connectivity index (χ0) is 17.1. The Bertz CT molecular complexity index is 730. The van der Waals surface area contributed by atoms with Crippen molar-refractivity contribution in [3.8, 4) is 11.4 Å². The van der Waals surface area contributed by atoms with Gasteiger partial charge in [-0.25, -0.2) is 0 Å². The number of aromatic amines is 1. The van der Waals surface area contributed by atoms with Crippen LogP contribution in [0.25, 0.3) is 11.4 Å². The van der Waals surface area contributed by atoms with Crippen LogP contribution < -0.4 is 5.32 Å². The first-order chi connectivity index (χ1) is 11.5. The smallest absolute Gasteiger partial charge is 0.269 e. The van der Waals surface area contributed by atoms with E-state index in [-0.39, 0.29) is 18.4 Å². The lowest BCUT2D eigenvalue weighted by atomic mass is 10.0. The van der Waals surface area contributed by atoms with Crippen molar-refractivity contribution in [2.45, 2.75) is 25.5 Å². The quantitative estimate of drug-likeness (QED) is 0.744. The number of likely N-dealkylation sites (tertiary alicyclic amines) is 1. The van der Waals surface area contributed by atoms with Crippen molar-refractivity contribution in [2.75, 3.05) is 13.1 Å². The summed E-state index contributed by atoms with van der Waals surface area (Å²) in [7, 11) is 0. The molecule has 0 saturated carbocycles. The van der Waals surface area contributed by atoms with Gasteiger partial charge >= 0.3 is 0 Å². The highest BCUT2D eigenvalue weighted by Gasteiger charge is 2.30. The van der Waals surface area contributed by atoms with E-state index in [0.29, 0.717) is 30.0 Å². The summed E-state index contributed by atoms with van der Waals surface area (Å²) >= 11 is 0. The first kappa shape index (κ1) is 16.1. The molecule has 0 bridgehead atoms. The summed E-state index contributed by atoms with van der Waals surface area (Å²) in [4.78, 5) is 29.4. The van der Waals surface area contributed by atoms with Gasteiger partial charge in [0.25, 0.3) is 5.91 Å². The number of aliphatic hydroxyl groups is 1. The average molecular weight is 329 g/mol. The minimum absolute atomic E-state index is 0.0765. The summed E-state index contributed by atoms with van der Waals surface area (Å²) in [5.41, 5.74) is 1.55. The Balaban J connectivity index is 1.64. The maximum atomic E-state index is 12.3. The number of β-amino-alcohol motifs (C(OH)–C–C–N with tert-alkyl or cyclic N) is 1. The van der Waals surface area contributed by atoms with E-state index in [2.05, 4.69) is 20.5 Å². The van der Waals surface area contributed by atoms with Gasteiger partial charge < -0.3 is 15.3 Å². The predicted octanol–water partition coefficient (Wildman–Crippen LogP) is 0.183. The van der Waals surface area contributed by atoms with Crippen molar-refractivity contribution in [1.82, 2.24) is 25.4 Å². The second-order valence-electron chi connectivity index (χ2n) is 5.78. The maximum absolute atomic E-state index is 12.3. The number of hydrogen-bond donors (Lipinski definition) is 3. The van der Waals surface area contributed by atoms with Gasteiger partial charge in [0, 0.05) is 26.2 Å². The van der Waals surface area contributed by atoms with Gasteiger partial charge in [0.1, 0.15) is 11.4 Å². The molecule has 2 aromatic rings. The average Bonchev–Trinajstić information content (AvgIpc) is 3.07. The molecule has 0 unspecified atom stereocenters. The second-order valence-corrected chi connectivity index (χ2v) is 5.78. The second kappa shape index (κ2) is 6.79. The lowest BCUT2D eigenvalue weighted by Gasteiger charge is -2.35. The number of rotatable bonds is 3. The minimum atomic E-state index is -0.787. The molecule has 2 aromatic heterocycles. The number of aliphatic hydroxyl groups excluding tert-OH is 1. The molecule has 3 N–H and O–H groups in total. The summed E-state index contributed by atoms with van der Waals surface area (Å²) in [5, 5.41) is 19.7. The molecule has 8 heteroatoms. The number of amides is 2. The highest BCUT2D eigenvalue weighted by atomic mass is 16.3. The highest BCUT2D eigenvalue weighted by Crippen LogP contribution is 2.15. The summed E-state index contributed by atoms with van der Waals surface area (Å²) in [6.07, 6.45) is 1.38. The van der Waals surface area contributed by atoms with Crippen LogP contribution in [0.1, 0.15) is 23.8 Å². The topological polar surface area (TPSA) is 111 Å². The fraction of sp³-hybridized carbons (Fsp3) is 0.375. The predicted molar refractivity (Wildman–Crippen MR) is 86.0 cm³/mol. The van der Waals surface area contributed by atoms with Crippen LogP contribution in [0, 0.1) is 0 Å². The molecule has 0 aromatic carbocycles. The third-order valence-corrected chi connectivity index (χ3v) is 4.09. The van der Waals surface area contributed by atoms with Gasteiger partial charge in [0.2, 0.25) is 5.91 Å². The first-order valence-electron chi connectivity index (χ1n) is 7.76. The van der Waals surface area contributed by atoms with Crippen molar-refractivity contribution < 1.29 is 14.7 Å². The molecule has 1 aliphatic heterocycles. The standard InChI is InChI=1S/C16H19N5O3/c1-10(22)21-7-5-12(15(23)9-21)18-16(24)14-8-13(19-20-14)11-4-2-3-6-17-11/h2-4,6,8,12,15,23H,5,7,9H2,1H3,(H,18,24)(H,19,20)/t12-,15-/m1/s1. The van der Waals surface area contributed by atoms with Crippen LogP contribution in [0.4, 0.5) is 0 Å². The summed E-state index contributed by atoms with van der Waals surface area (Å²) in [5.74, 6) is -0.419. The number of piperidine rings is 1. The fourth-order valence-electron chi connectivity index (χ4n) is 2.72. The fourth-order valence-corrected chi connectivity index (χ4v) is 2.72. The third-order valence-electron chi connectivity index (χ3n) is 4.09. The van der Waals surface area contributed by atoms with Crippen molar-refractivity contribution in [1.29, 1.82) is 0 Å². The SMILES string of the molecule is CC(=O)N1CC[C@@H](NC(=O)c2cc(-c3ccccn3)n[nH]2)[C@H](O)C1. The Morgan fingerprint density at radius 3 is 2.88 bits per heavy atom. The highest BCUT2D eigenvalue weighted by molar-refractivity contribution is 5.93. The molecule has 24 heavy (non-hydrogen) atoms. The zero-order valence-electron chi connectivity index (χ0n) is 13.3. The molecular formula is C16H19N5O3. The lowest BCUT2D eigenvalue weighted by Crippen LogP contribution is -2.55. The Morgan fingerprint density at radius 1 is 1.38 bits per heavy atom. The molecule has 1 aliphatic rings. The Labute approximate surface area is 138 Å². The minimum Gasteiger partial charge on any atom is -0.389 e. The molecule has 0 spiro atoms. The van der Waals surface area contributed by atoms with Crippen LogP contribution in [0.2, 0.25) is 0 Å². The number of nitrogens with one attached hydrogen (secondary N) is 2. The number of hydrogen-bond acceptors (Lipinski definition) is 5. The molecule has 1 saturated heterocycles. The Hall–Kier alpha value is -2.74. The summed E-state index contributed by atoms with van der Waals surface area (Å²) < 4.78 is 0. The van der Waals surface area contributed by atoms with Crippen molar-refractivity contribution >= 4 is 11.8 Å². The molecule has 0 radical (unpaired) electrons. The normalized spacial score (nSPS) is 20.7. The van der Waals surface area contributed by atoms with E-state index in [0.717, 1.165) is 0 Å². The summed E-state index contributed by atoms with van der Waals surface area (Å²) in [6, 6.07) is 6.68. The molecule has 3 rings (SSSR count). The number of H-pyrrole nitrogens is 1. The lowest BCUT2D eigenvalue weighted by molar-refractivity contribution is -0.132. The van der Waals surface area contributed by atoms with Crippen LogP contribution in [-0.4, -0.2) is 62.2 Å². The molecule has 8 nitrogen and oxygen atoms in total. The number of carbonyl (C=O) groups excluding carboxylic acids is 2. The number of pyridine rings is 1. The Kier molecular flexibility index (Phi) is 4.57. The van der Waals surface area contributed by atoms with Gasteiger partial charge in [-0.3, -0.25) is 19.7 Å². The zero-order valence-corrected chi connectivity index (χ0v) is 13.3. The van der Waals surface area contributed by atoms with Gasteiger partial charge in [0.05, 0.1) is 17.8 Å². The van der Waals surface area contributed by atoms with E-state index in [1.165, 1.54) is 6.92 Å². The van der Waals surface area contributed by atoms with E-state index in [1.54, 1.807) is 29.3 Å². The molecular weight excluding hydrogens is 310 g/mol. The Morgan fingerprint density at radius 2 is 2.21 bits per heavy atom. The number of carbonyl (C=O) groups is 2. The first-order valence-corrected chi connectivity index (χ1v) is 7.76. The van der Waals surface area contributed by atoms with Crippen molar-refractivity contribution in [3.63, 3.8) is 0 Å². The van der Waals surface area contributed by atoms with Crippen molar-refractivity contribution in [3.05, 3.63) is 36.2 Å². The van der Waals surface area contributed by atoms with E-state index in [1.807, 2.05) is 6.07 Å². The van der Waals surface area contributed by atoms with Crippen molar-refractivity contribution in [2.24, 2.45) is 0 Å². The molecule has 2 amide bonds. The van der Waals surface area contributed by atoms with Gasteiger partial charge in [-0.05, 0) is 24.6 Å². The van der Waals surface area contributed by atoms with Gasteiger partial charge in [-0.15, -0.1) is 0 Å². The van der Waals surface area contributed by atoms with Crippen LogP contribution in [0.3, 0.4) is 0 Å². The number of aromatic nitrogens is 3. The molecule has 126 valence electrons. The van der Waals surface area contributed by atoms with Crippen LogP contribution >= 0.6 is 0 Å².